The van der Waals surface area contributed by atoms with Gasteiger partial charge in [0.2, 0.25) is 0 Å². The maximum atomic E-state index is 2.91. The van der Waals surface area contributed by atoms with Gasteiger partial charge >= 0.3 is 0 Å². The van der Waals surface area contributed by atoms with Gasteiger partial charge in [-0.3, -0.25) is 0 Å². The third-order valence-electron chi connectivity index (χ3n) is 1.89. The average molecular weight is 160 g/mol. The lowest BCUT2D eigenvalue weighted by molar-refractivity contribution is 0.292. The van der Waals surface area contributed by atoms with Crippen LogP contribution in [-0.4, -0.2) is 5.16 Å². The molecule has 0 saturated heterocycles. The second-order valence-electron chi connectivity index (χ2n) is 4.68. The summed E-state index contributed by atoms with van der Waals surface area (Å²) in [7, 11) is 2.91. The monoisotopic (exact) mass is 160 g/mol. The predicted octanol–water partition coefficient (Wildman–Crippen LogP) is 3.47. The van der Waals surface area contributed by atoms with Gasteiger partial charge in [0.25, 0.3) is 0 Å². The zero-order valence-electron chi connectivity index (χ0n) is 7.99. The summed E-state index contributed by atoms with van der Waals surface area (Å²) >= 11 is 0. The van der Waals surface area contributed by atoms with Crippen molar-refractivity contribution in [3.63, 3.8) is 0 Å². The molecule has 0 aromatic heterocycles. The van der Waals surface area contributed by atoms with Crippen molar-refractivity contribution in [2.75, 3.05) is 0 Å². The van der Waals surface area contributed by atoms with Crippen molar-refractivity contribution in [3.05, 3.63) is 0 Å². The lowest BCUT2D eigenvalue weighted by Crippen LogP contribution is -2.22. The molecule has 0 aliphatic carbocycles. The van der Waals surface area contributed by atoms with Gasteiger partial charge in [-0.1, -0.05) is 41.0 Å². The highest BCUT2D eigenvalue weighted by Gasteiger charge is 2.23. The van der Waals surface area contributed by atoms with Crippen molar-refractivity contribution in [1.82, 2.24) is 0 Å². The van der Waals surface area contributed by atoms with Gasteiger partial charge in [-0.2, -0.15) is 0 Å². The van der Waals surface area contributed by atoms with Crippen LogP contribution in [0, 0.1) is 5.41 Å². The van der Waals surface area contributed by atoms with Crippen LogP contribution in [0.4, 0.5) is 0 Å². The summed E-state index contributed by atoms with van der Waals surface area (Å²) in [6, 6.07) is 0. The molecule has 0 amide bonds. The second-order valence-corrected chi connectivity index (χ2v) is 6.25. The van der Waals surface area contributed by atoms with Gasteiger partial charge in [-0.25, -0.2) is 0 Å². The van der Waals surface area contributed by atoms with Gasteiger partial charge in [-0.05, 0) is 17.0 Å². The molecular weight excluding hydrogens is 139 g/mol. The van der Waals surface area contributed by atoms with E-state index in [0.29, 0.717) is 10.6 Å². The minimum absolute atomic E-state index is 0.402. The van der Waals surface area contributed by atoms with Crippen LogP contribution in [0.2, 0.25) is 0 Å². The van der Waals surface area contributed by atoms with Crippen molar-refractivity contribution in [2.45, 2.75) is 52.6 Å². The first-order valence-corrected chi connectivity index (χ1v) is 4.63. The minimum atomic E-state index is 0.402. The highest BCUT2D eigenvalue weighted by Crippen LogP contribution is 2.35. The van der Waals surface area contributed by atoms with Gasteiger partial charge in [0.15, 0.2) is 0 Å². The first-order valence-electron chi connectivity index (χ1n) is 4.06. The topological polar surface area (TPSA) is 0 Å². The minimum Gasteiger partial charge on any atom is -0.132 e. The van der Waals surface area contributed by atoms with E-state index in [1.54, 1.807) is 0 Å². The molecule has 0 nitrogen and oxygen atoms in total. The largest absolute Gasteiger partial charge is 0.132 e. The van der Waals surface area contributed by atoms with E-state index in [1.165, 1.54) is 12.8 Å². The Morgan fingerprint density at radius 3 is 1.60 bits per heavy atom. The van der Waals surface area contributed by atoms with E-state index in [-0.39, 0.29) is 0 Å². The molecule has 62 valence electrons. The Morgan fingerprint density at radius 1 is 1.10 bits per heavy atom. The number of rotatable bonds is 3. The van der Waals surface area contributed by atoms with Gasteiger partial charge in [0.05, 0.1) is 0 Å². The third kappa shape index (κ3) is 5.23. The van der Waals surface area contributed by atoms with Crippen LogP contribution in [0.25, 0.3) is 0 Å². The normalized spacial score (nSPS) is 13.8. The molecule has 10 heavy (non-hydrogen) atoms. The van der Waals surface area contributed by atoms with E-state index in [4.69, 9.17) is 0 Å². The molecule has 0 rings (SSSR count). The molecular formula is C9H21P. The van der Waals surface area contributed by atoms with Crippen LogP contribution in [0.5, 0.6) is 0 Å². The van der Waals surface area contributed by atoms with Crippen LogP contribution in [-0.2, 0) is 0 Å². The maximum Gasteiger partial charge on any atom is -0.0201 e. The maximum absolute atomic E-state index is 2.91. The summed E-state index contributed by atoms with van der Waals surface area (Å²) in [5.41, 5.74) is 0.505. The molecule has 0 aliphatic heterocycles. The highest BCUT2D eigenvalue weighted by molar-refractivity contribution is 7.18. The van der Waals surface area contributed by atoms with Crippen molar-refractivity contribution in [3.8, 4) is 0 Å². The predicted molar refractivity (Wildman–Crippen MR) is 52.5 cm³/mol. The Hall–Kier alpha value is 0.430. The van der Waals surface area contributed by atoms with Crippen molar-refractivity contribution in [1.29, 1.82) is 0 Å². The summed E-state index contributed by atoms with van der Waals surface area (Å²) in [6.07, 6.45) is 2.55. The van der Waals surface area contributed by atoms with E-state index in [0.717, 1.165) is 0 Å². The molecule has 1 unspecified atom stereocenters. The molecule has 0 fully saturated rings. The smallest absolute Gasteiger partial charge is 0.0201 e. The first kappa shape index (κ1) is 10.4. The number of hydrogen-bond donors (Lipinski definition) is 0. The number of hydrogen-bond acceptors (Lipinski definition) is 0. The Kier molecular flexibility index (Phi) is 3.36. The second kappa shape index (κ2) is 3.22. The SMILES string of the molecule is CCC(C)(C)CC(C)(C)P. The van der Waals surface area contributed by atoms with Gasteiger partial charge in [-0.15, -0.1) is 9.24 Å². The van der Waals surface area contributed by atoms with E-state index >= 15 is 0 Å². The third-order valence-corrected chi connectivity index (χ3v) is 2.10. The lowest BCUT2D eigenvalue weighted by atomic mass is 9.81. The molecule has 0 aromatic rings. The van der Waals surface area contributed by atoms with E-state index in [9.17, 15) is 0 Å². The fourth-order valence-electron chi connectivity index (χ4n) is 1.36. The zero-order valence-corrected chi connectivity index (χ0v) is 9.15. The van der Waals surface area contributed by atoms with Crippen molar-refractivity contribution >= 4 is 9.24 Å². The average Bonchev–Trinajstić information content (AvgIpc) is 1.60. The van der Waals surface area contributed by atoms with Crippen LogP contribution in [0.15, 0.2) is 0 Å². The molecule has 0 heterocycles. The summed E-state index contributed by atoms with van der Waals surface area (Å²) in [5, 5.41) is 0.402. The zero-order chi connectivity index (χ0) is 8.41. The van der Waals surface area contributed by atoms with Crippen molar-refractivity contribution in [2.24, 2.45) is 5.41 Å². The van der Waals surface area contributed by atoms with E-state index in [2.05, 4.69) is 43.9 Å². The van der Waals surface area contributed by atoms with E-state index < -0.39 is 0 Å². The molecule has 0 spiro atoms. The lowest BCUT2D eigenvalue weighted by Gasteiger charge is -2.31. The fraction of sp³-hybridized carbons (Fsp3) is 1.00. The molecule has 0 aliphatic rings. The van der Waals surface area contributed by atoms with E-state index in [1.807, 2.05) is 0 Å². The highest BCUT2D eigenvalue weighted by atomic mass is 31.0. The van der Waals surface area contributed by atoms with Crippen LogP contribution >= 0.6 is 9.24 Å². The van der Waals surface area contributed by atoms with Gasteiger partial charge in [0.1, 0.15) is 0 Å². The first-order chi connectivity index (χ1) is 4.27. The van der Waals surface area contributed by atoms with Crippen molar-refractivity contribution < 1.29 is 0 Å². The Labute approximate surface area is 68.0 Å². The molecule has 0 N–H and O–H groups in total. The Balaban J connectivity index is 3.89. The molecule has 1 atom stereocenters. The molecule has 1 heteroatoms. The Bertz CT molecular complexity index is 97.8. The molecule has 0 saturated carbocycles. The van der Waals surface area contributed by atoms with Gasteiger partial charge in [0, 0.05) is 0 Å². The molecule has 0 radical (unpaired) electrons. The molecule has 0 aromatic carbocycles. The summed E-state index contributed by atoms with van der Waals surface area (Å²) in [5.74, 6) is 0. The van der Waals surface area contributed by atoms with Gasteiger partial charge < -0.3 is 0 Å². The summed E-state index contributed by atoms with van der Waals surface area (Å²) < 4.78 is 0. The summed E-state index contributed by atoms with van der Waals surface area (Å²) in [4.78, 5) is 0. The standard InChI is InChI=1S/C9H21P/c1-6-8(2,3)7-9(4,5)10/h6-7,10H2,1-5H3. The quantitative estimate of drug-likeness (QED) is 0.554. The molecule has 0 bridgehead atoms. The Morgan fingerprint density at radius 2 is 1.50 bits per heavy atom. The van der Waals surface area contributed by atoms with Crippen LogP contribution in [0.1, 0.15) is 47.5 Å². The summed E-state index contributed by atoms with van der Waals surface area (Å²) in [6.45, 7) is 11.5. The van der Waals surface area contributed by atoms with Crippen LogP contribution in [0.3, 0.4) is 0 Å². The fourth-order valence-corrected chi connectivity index (χ4v) is 1.91. The van der Waals surface area contributed by atoms with Crippen LogP contribution < -0.4 is 0 Å².